The highest BCUT2D eigenvalue weighted by Gasteiger charge is 2.36. The smallest absolute Gasteiger partial charge is 0.324 e. The monoisotopic (exact) mass is 534 g/mol. The van der Waals surface area contributed by atoms with E-state index in [2.05, 4.69) is 21.2 Å². The number of amides is 3. The highest BCUT2D eigenvalue weighted by molar-refractivity contribution is 9.10. The van der Waals surface area contributed by atoms with Crippen molar-refractivity contribution in [3.63, 3.8) is 0 Å². The standard InChI is InChI=1S/C21H16BrClN4O4S/c1-25-15-6-3-11(7-16(15)26(2)20(25)30)8-17-19(29)27(21(31)32-17)10-18(28)24-12-4-5-13(22)14(23)9-12/h3-9H,10H2,1-2H3,(H,24,28)/b17-8+. The molecule has 0 spiro atoms. The maximum atomic E-state index is 12.7. The van der Waals surface area contributed by atoms with Crippen molar-refractivity contribution in [3.05, 3.63) is 66.8 Å². The quantitative estimate of drug-likeness (QED) is 0.511. The number of anilines is 1. The number of benzene rings is 2. The number of aromatic nitrogens is 2. The van der Waals surface area contributed by atoms with E-state index in [-0.39, 0.29) is 10.6 Å². The lowest BCUT2D eigenvalue weighted by atomic mass is 10.2. The Hall–Kier alpha value is -2.82. The summed E-state index contributed by atoms with van der Waals surface area (Å²) < 4.78 is 3.73. The van der Waals surface area contributed by atoms with Crippen LogP contribution in [0.15, 0.2) is 50.6 Å². The van der Waals surface area contributed by atoms with Crippen LogP contribution in [-0.2, 0) is 23.7 Å². The van der Waals surface area contributed by atoms with E-state index in [1.165, 1.54) is 9.13 Å². The number of thioether (sulfide) groups is 1. The van der Waals surface area contributed by atoms with Gasteiger partial charge in [-0.15, -0.1) is 0 Å². The fourth-order valence-electron chi connectivity index (χ4n) is 3.32. The average molecular weight is 536 g/mol. The molecular formula is C21H16BrClN4O4S. The summed E-state index contributed by atoms with van der Waals surface area (Å²) >= 11 is 10.1. The Morgan fingerprint density at radius 1 is 1.09 bits per heavy atom. The molecule has 4 rings (SSSR count). The van der Waals surface area contributed by atoms with Gasteiger partial charge in [-0.25, -0.2) is 4.79 Å². The van der Waals surface area contributed by atoms with Gasteiger partial charge in [-0.05, 0) is 69.7 Å². The first-order valence-corrected chi connectivity index (χ1v) is 11.3. The number of hydrogen-bond acceptors (Lipinski definition) is 5. The molecule has 164 valence electrons. The van der Waals surface area contributed by atoms with Gasteiger partial charge in [0.05, 0.1) is 21.0 Å². The largest absolute Gasteiger partial charge is 0.328 e. The number of imidazole rings is 1. The van der Waals surface area contributed by atoms with Gasteiger partial charge >= 0.3 is 5.69 Å². The number of fused-ring (bicyclic) bond motifs is 1. The molecule has 0 radical (unpaired) electrons. The van der Waals surface area contributed by atoms with Crippen LogP contribution in [0.3, 0.4) is 0 Å². The molecule has 0 unspecified atom stereocenters. The maximum Gasteiger partial charge on any atom is 0.328 e. The van der Waals surface area contributed by atoms with Crippen molar-refractivity contribution >= 4 is 79.1 Å². The Balaban J connectivity index is 1.52. The molecule has 0 bridgehead atoms. The molecule has 0 aliphatic carbocycles. The highest BCUT2D eigenvalue weighted by Crippen LogP contribution is 2.32. The minimum absolute atomic E-state index is 0.157. The second-order valence-corrected chi connectivity index (χ2v) is 9.35. The molecule has 32 heavy (non-hydrogen) atoms. The van der Waals surface area contributed by atoms with Crippen LogP contribution in [0.4, 0.5) is 10.5 Å². The summed E-state index contributed by atoms with van der Waals surface area (Å²) in [5, 5.41) is 2.51. The zero-order valence-electron chi connectivity index (χ0n) is 16.9. The van der Waals surface area contributed by atoms with Crippen molar-refractivity contribution in [2.24, 2.45) is 14.1 Å². The number of carbonyl (C=O) groups is 3. The molecule has 3 aromatic rings. The molecule has 1 aromatic heterocycles. The van der Waals surface area contributed by atoms with E-state index in [0.29, 0.717) is 26.3 Å². The number of halogens is 2. The second kappa shape index (κ2) is 8.61. The van der Waals surface area contributed by atoms with Gasteiger partial charge in [0.1, 0.15) is 6.54 Å². The third kappa shape index (κ3) is 4.13. The SMILES string of the molecule is Cn1c(=O)n(C)c2cc(/C=C3/SC(=O)N(CC(=O)Nc4ccc(Br)c(Cl)c4)C3=O)ccc21. The van der Waals surface area contributed by atoms with Gasteiger partial charge < -0.3 is 5.32 Å². The van der Waals surface area contributed by atoms with Crippen LogP contribution in [0.2, 0.25) is 5.02 Å². The van der Waals surface area contributed by atoms with Crippen molar-refractivity contribution in [2.45, 2.75) is 0 Å². The van der Waals surface area contributed by atoms with Crippen LogP contribution in [0, 0.1) is 0 Å². The predicted molar refractivity (Wildman–Crippen MR) is 129 cm³/mol. The van der Waals surface area contributed by atoms with Gasteiger partial charge in [0.25, 0.3) is 11.1 Å². The summed E-state index contributed by atoms with van der Waals surface area (Å²) in [4.78, 5) is 50.7. The molecule has 1 fully saturated rings. The number of rotatable bonds is 4. The van der Waals surface area contributed by atoms with E-state index in [1.54, 1.807) is 56.6 Å². The molecule has 11 heteroatoms. The van der Waals surface area contributed by atoms with Crippen molar-refractivity contribution in [2.75, 3.05) is 11.9 Å². The van der Waals surface area contributed by atoms with E-state index in [9.17, 15) is 19.2 Å². The predicted octanol–water partition coefficient (Wildman–Crippen LogP) is 3.97. The van der Waals surface area contributed by atoms with Gasteiger partial charge in [0.2, 0.25) is 5.91 Å². The third-order valence-corrected chi connectivity index (χ3v) is 7.11. The summed E-state index contributed by atoms with van der Waals surface area (Å²) in [5.41, 5.74) is 2.42. The molecule has 0 saturated carbocycles. The summed E-state index contributed by atoms with van der Waals surface area (Å²) in [5.74, 6) is -1.07. The average Bonchev–Trinajstić information content (AvgIpc) is 3.13. The van der Waals surface area contributed by atoms with Crippen LogP contribution in [0.25, 0.3) is 17.1 Å². The number of nitrogens with one attached hydrogen (secondary N) is 1. The van der Waals surface area contributed by atoms with E-state index in [0.717, 1.165) is 22.2 Å². The Labute approximate surface area is 199 Å². The Kier molecular flexibility index (Phi) is 6.02. The first-order chi connectivity index (χ1) is 15.2. The normalized spacial score (nSPS) is 15.2. The molecule has 1 aliphatic rings. The first-order valence-electron chi connectivity index (χ1n) is 9.31. The highest BCUT2D eigenvalue weighted by atomic mass is 79.9. The van der Waals surface area contributed by atoms with Crippen LogP contribution < -0.4 is 11.0 Å². The van der Waals surface area contributed by atoms with Crippen LogP contribution in [0.1, 0.15) is 5.56 Å². The summed E-state index contributed by atoms with van der Waals surface area (Å²) in [6.45, 7) is -0.415. The van der Waals surface area contributed by atoms with Gasteiger partial charge in [0.15, 0.2) is 0 Å². The topological polar surface area (TPSA) is 93.4 Å². The van der Waals surface area contributed by atoms with Crippen molar-refractivity contribution in [1.82, 2.24) is 14.0 Å². The third-order valence-electron chi connectivity index (χ3n) is 4.97. The van der Waals surface area contributed by atoms with E-state index < -0.39 is 23.6 Å². The van der Waals surface area contributed by atoms with Crippen LogP contribution in [-0.4, -0.2) is 37.6 Å². The van der Waals surface area contributed by atoms with Crippen molar-refractivity contribution < 1.29 is 14.4 Å². The van der Waals surface area contributed by atoms with Gasteiger partial charge in [0, 0.05) is 24.3 Å². The summed E-state index contributed by atoms with van der Waals surface area (Å²) in [6, 6.07) is 10.2. The lowest BCUT2D eigenvalue weighted by Crippen LogP contribution is -2.36. The number of nitrogens with zero attached hydrogens (tertiary/aromatic N) is 3. The molecule has 0 atom stereocenters. The van der Waals surface area contributed by atoms with Crippen molar-refractivity contribution in [3.8, 4) is 0 Å². The lowest BCUT2D eigenvalue weighted by Gasteiger charge is -2.12. The fraction of sp³-hybridized carbons (Fsp3) is 0.143. The molecule has 8 nitrogen and oxygen atoms in total. The molecule has 1 N–H and O–H groups in total. The lowest BCUT2D eigenvalue weighted by molar-refractivity contribution is -0.127. The Morgan fingerprint density at radius 2 is 1.81 bits per heavy atom. The second-order valence-electron chi connectivity index (χ2n) is 7.09. The maximum absolute atomic E-state index is 12.7. The van der Waals surface area contributed by atoms with Crippen LogP contribution in [0.5, 0.6) is 0 Å². The van der Waals surface area contributed by atoms with E-state index in [1.807, 2.05) is 0 Å². The van der Waals surface area contributed by atoms with Gasteiger partial charge in [-0.3, -0.25) is 28.4 Å². The Bertz CT molecular complexity index is 1390. The fourth-order valence-corrected chi connectivity index (χ4v) is 4.58. The molecule has 2 aromatic carbocycles. The zero-order valence-corrected chi connectivity index (χ0v) is 20.0. The first kappa shape index (κ1) is 22.4. The molecule has 2 heterocycles. The van der Waals surface area contributed by atoms with Gasteiger partial charge in [-0.1, -0.05) is 17.7 Å². The summed E-state index contributed by atoms with van der Waals surface area (Å²) in [6.07, 6.45) is 1.58. The minimum atomic E-state index is -0.550. The van der Waals surface area contributed by atoms with Crippen LogP contribution >= 0.6 is 39.3 Å². The number of imide groups is 1. The number of hydrogen-bond donors (Lipinski definition) is 1. The molecular weight excluding hydrogens is 520 g/mol. The minimum Gasteiger partial charge on any atom is -0.324 e. The molecule has 1 aliphatic heterocycles. The zero-order chi connectivity index (χ0) is 23.2. The summed E-state index contributed by atoms with van der Waals surface area (Å²) in [7, 11) is 3.35. The molecule has 3 amide bonds. The van der Waals surface area contributed by atoms with Crippen molar-refractivity contribution in [1.29, 1.82) is 0 Å². The van der Waals surface area contributed by atoms with E-state index in [4.69, 9.17) is 11.6 Å². The number of aryl methyl sites for hydroxylation is 2. The molecule has 1 saturated heterocycles. The Morgan fingerprint density at radius 3 is 2.53 bits per heavy atom. The van der Waals surface area contributed by atoms with Gasteiger partial charge in [-0.2, -0.15) is 0 Å². The number of carbonyl (C=O) groups excluding carboxylic acids is 3. The van der Waals surface area contributed by atoms with E-state index >= 15 is 0 Å².